The van der Waals surface area contributed by atoms with Gasteiger partial charge in [0.2, 0.25) is 0 Å². The Morgan fingerprint density at radius 2 is 1.08 bits per heavy atom. The summed E-state index contributed by atoms with van der Waals surface area (Å²) in [6, 6.07) is 30.0. The molecule has 5 saturated heterocycles. The number of unbranched alkanes of at least 4 members (excludes halogenated alkanes) is 2. The monoisotopic (exact) mass is 1030 g/mol. The van der Waals surface area contributed by atoms with Crippen molar-refractivity contribution in [1.29, 1.82) is 0 Å². The van der Waals surface area contributed by atoms with E-state index >= 15 is 0 Å². The molecule has 0 bridgehead atoms. The van der Waals surface area contributed by atoms with E-state index in [0.29, 0.717) is 38.1 Å². The molecule has 0 aromatic heterocycles. The van der Waals surface area contributed by atoms with E-state index in [1.807, 2.05) is 66.7 Å². The van der Waals surface area contributed by atoms with Crippen molar-refractivity contribution in [3.63, 3.8) is 0 Å². The Balaban J connectivity index is 0.966. The smallest absolute Gasteiger partial charge is 0.184 e. The van der Waals surface area contributed by atoms with Gasteiger partial charge in [0, 0.05) is 48.0 Å². The van der Waals surface area contributed by atoms with E-state index in [0.717, 1.165) is 56.2 Å². The first-order valence-corrected chi connectivity index (χ1v) is 28.7. The fraction of sp³-hybridized carbons (Fsp3) is 0.694. The summed E-state index contributed by atoms with van der Waals surface area (Å²) in [4.78, 5) is 15.6. The molecule has 11 unspecified atom stereocenters. The molecule has 5 aliphatic rings. The number of rotatable bonds is 22. The van der Waals surface area contributed by atoms with E-state index in [1.54, 1.807) is 0 Å². The van der Waals surface area contributed by atoms with E-state index in [2.05, 4.69) is 105 Å². The summed E-state index contributed by atoms with van der Waals surface area (Å²) in [5.41, 5.74) is 2.89. The van der Waals surface area contributed by atoms with Gasteiger partial charge in [-0.05, 0) is 74.3 Å². The average Bonchev–Trinajstić information content (AvgIpc) is 3.42. The summed E-state index contributed by atoms with van der Waals surface area (Å²) in [5.74, 6) is 1.41. The van der Waals surface area contributed by atoms with E-state index in [4.69, 9.17) is 47.4 Å². The first kappa shape index (κ1) is 57.1. The summed E-state index contributed by atoms with van der Waals surface area (Å²) in [6.07, 6.45) is 0.718. The molecule has 0 amide bonds. The number of nitrogens with zero attached hydrogens (tertiary/aromatic N) is 1. The lowest BCUT2D eigenvalue weighted by Gasteiger charge is -2.52. The van der Waals surface area contributed by atoms with Crippen molar-refractivity contribution in [2.75, 3.05) is 26.3 Å². The van der Waals surface area contributed by atoms with E-state index in [9.17, 15) is 4.79 Å². The van der Waals surface area contributed by atoms with Gasteiger partial charge in [0.25, 0.3) is 0 Å². The van der Waals surface area contributed by atoms with Crippen molar-refractivity contribution in [2.45, 2.75) is 202 Å². The molecular formula is C62H91NO11. The third-order valence-electron chi connectivity index (χ3n) is 17.8. The van der Waals surface area contributed by atoms with Gasteiger partial charge in [-0.15, -0.1) is 0 Å². The Bertz CT molecular complexity index is 2120. The predicted octanol–water partition coefficient (Wildman–Crippen LogP) is 12.0. The molecule has 5 fully saturated rings. The van der Waals surface area contributed by atoms with Gasteiger partial charge in [-0.1, -0.05) is 167 Å². The van der Waals surface area contributed by atoms with Gasteiger partial charge in [0.05, 0.1) is 43.7 Å². The molecule has 74 heavy (non-hydrogen) atoms. The highest BCUT2D eigenvalue weighted by molar-refractivity contribution is 5.97. The van der Waals surface area contributed by atoms with Crippen LogP contribution in [-0.4, -0.2) is 111 Å². The molecule has 0 radical (unpaired) electrons. The fourth-order valence-corrected chi connectivity index (χ4v) is 12.4. The second-order valence-electron chi connectivity index (χ2n) is 22.7. The first-order valence-electron chi connectivity index (χ1n) is 28.7. The Morgan fingerprint density at radius 1 is 0.527 bits per heavy atom. The second-order valence-corrected chi connectivity index (χ2v) is 22.7. The maximum atomic E-state index is 13.4. The van der Waals surface area contributed by atoms with Crippen LogP contribution >= 0.6 is 0 Å². The summed E-state index contributed by atoms with van der Waals surface area (Å²) in [6.45, 7) is 27.3. The van der Waals surface area contributed by atoms with Crippen LogP contribution in [0.2, 0.25) is 0 Å². The Hall–Kier alpha value is -3.11. The van der Waals surface area contributed by atoms with Crippen LogP contribution in [0.1, 0.15) is 142 Å². The number of fused-ring (bicyclic) bond motifs is 1. The van der Waals surface area contributed by atoms with Crippen molar-refractivity contribution in [3.05, 3.63) is 108 Å². The number of ether oxygens (including phenoxy) is 10. The van der Waals surface area contributed by atoms with Crippen LogP contribution in [0, 0.1) is 47.3 Å². The number of carbonyl (C=O) groups excluding carboxylic acids is 1. The zero-order chi connectivity index (χ0) is 52.5. The minimum absolute atomic E-state index is 0.0312. The third kappa shape index (κ3) is 13.6. The quantitative estimate of drug-likeness (QED) is 0.0705. The molecular weight excluding hydrogens is 935 g/mol. The van der Waals surface area contributed by atoms with Crippen molar-refractivity contribution < 1.29 is 52.2 Å². The number of carbonyl (C=O) groups is 1. The molecule has 12 heteroatoms. The van der Waals surface area contributed by atoms with E-state index < -0.39 is 31.3 Å². The Morgan fingerprint density at radius 3 is 1.73 bits per heavy atom. The van der Waals surface area contributed by atoms with Crippen molar-refractivity contribution >= 4 is 5.78 Å². The number of Topliss-reactive ketones (excluding diaryl/α,β-unsaturated/α-hetero) is 1. The highest BCUT2D eigenvalue weighted by atomic mass is 16.8. The maximum absolute atomic E-state index is 13.4. The summed E-state index contributed by atoms with van der Waals surface area (Å²) in [7, 11) is 0. The average molecular weight is 1030 g/mol. The third-order valence-corrected chi connectivity index (χ3v) is 17.8. The van der Waals surface area contributed by atoms with Gasteiger partial charge in [0.1, 0.15) is 18.3 Å². The highest BCUT2D eigenvalue weighted by Gasteiger charge is 2.54. The molecule has 21 atom stereocenters. The first-order chi connectivity index (χ1) is 35.8. The second kappa shape index (κ2) is 27.0. The van der Waals surface area contributed by atoms with Crippen LogP contribution in [0.4, 0.5) is 0 Å². The molecule has 8 rings (SSSR count). The van der Waals surface area contributed by atoms with Crippen molar-refractivity contribution in [1.82, 2.24) is 4.90 Å². The maximum Gasteiger partial charge on any atom is 0.184 e. The lowest BCUT2D eigenvalue weighted by Crippen LogP contribution is -2.62. The van der Waals surface area contributed by atoms with Crippen LogP contribution in [0.15, 0.2) is 91.0 Å². The van der Waals surface area contributed by atoms with Gasteiger partial charge >= 0.3 is 0 Å². The minimum Gasteiger partial charge on any atom is -0.350 e. The lowest BCUT2D eigenvalue weighted by molar-refractivity contribution is -0.389. The highest BCUT2D eigenvalue weighted by Crippen LogP contribution is 2.45. The van der Waals surface area contributed by atoms with Crippen molar-refractivity contribution in [2.24, 2.45) is 47.3 Å². The zero-order valence-electron chi connectivity index (χ0n) is 46.5. The Labute approximate surface area is 444 Å². The summed E-state index contributed by atoms with van der Waals surface area (Å²) in [5, 5.41) is 0. The molecule has 5 aliphatic heterocycles. The molecule has 5 heterocycles. The van der Waals surface area contributed by atoms with E-state index in [1.165, 1.54) is 5.56 Å². The van der Waals surface area contributed by atoms with Crippen LogP contribution < -0.4 is 0 Å². The van der Waals surface area contributed by atoms with Gasteiger partial charge < -0.3 is 47.4 Å². The molecule has 3 aromatic carbocycles. The van der Waals surface area contributed by atoms with Crippen LogP contribution in [-0.2, 0) is 53.9 Å². The lowest BCUT2D eigenvalue weighted by atomic mass is 9.78. The zero-order valence-corrected chi connectivity index (χ0v) is 46.5. The van der Waals surface area contributed by atoms with Crippen LogP contribution in [0.25, 0.3) is 0 Å². The normalized spacial score (nSPS) is 38.6. The molecule has 3 aromatic rings. The number of hydrogen-bond donors (Lipinski definition) is 0. The molecule has 0 saturated carbocycles. The number of benzene rings is 3. The summed E-state index contributed by atoms with van der Waals surface area (Å²) < 4.78 is 69.2. The van der Waals surface area contributed by atoms with Gasteiger partial charge in [-0.3, -0.25) is 9.69 Å². The minimum atomic E-state index is -0.693. The summed E-state index contributed by atoms with van der Waals surface area (Å²) >= 11 is 0. The standard InChI is InChI=1S/C62H91NO11/c1-12-50-39(5)38(4)42(8)58(67-50)73-56-41(7)40(6)51(13-2)69-62(56)71-54-43(9)52(14-3)68-59(45(54)11)74-57-44(10)55-53(37-66-60(72-55)48-31-23-17-24-32-48)70-61(57)65-34-26-18-25-33-63(35-46-27-19-15-20-28-46)36-49(64)47-29-21-16-22-30-47/h15-17,19-24,27-32,38-45,50-62H,12-14,18,25-26,33-37H2,1-11H3/t38-,39-,40?,41-,42?,43+,44-,45?,50?,51-,52?,53-,54-,55?,56?,57?,58+,59+,60?,61?,62?/m0/s1. The molecule has 12 nitrogen and oxygen atoms in total. The largest absolute Gasteiger partial charge is 0.350 e. The topological polar surface area (TPSA) is 113 Å². The molecule has 410 valence electrons. The molecule has 0 N–H and O–H groups in total. The molecule has 0 spiro atoms. The van der Waals surface area contributed by atoms with Crippen LogP contribution in [0.3, 0.4) is 0 Å². The predicted molar refractivity (Wildman–Crippen MR) is 286 cm³/mol. The van der Waals surface area contributed by atoms with Gasteiger partial charge in [-0.2, -0.15) is 0 Å². The Kier molecular flexibility index (Phi) is 20.8. The van der Waals surface area contributed by atoms with Crippen molar-refractivity contribution in [3.8, 4) is 0 Å². The van der Waals surface area contributed by atoms with Crippen LogP contribution in [0.5, 0.6) is 0 Å². The van der Waals surface area contributed by atoms with Gasteiger partial charge in [0.15, 0.2) is 37.2 Å². The van der Waals surface area contributed by atoms with E-state index in [-0.39, 0.29) is 90.3 Å². The number of ketones is 1. The molecule has 0 aliphatic carbocycles. The SMILES string of the molecule is CCC1O[C@H](OC2C(O[C@@H]3C(C)[C@@H](OC4C(OCCCCCN(CC(=O)c5ccccc5)Cc5ccccc5)O[C@H]5COC(c6ccccc6)OC5[C@@H]4C)OC(CC)[C@H]3C)O[C@@H](CC)C(C)[C@@H]2C)C(C)[C@@H](C)[C@@H]1C. The fourth-order valence-electron chi connectivity index (χ4n) is 12.4. The van der Waals surface area contributed by atoms with Gasteiger partial charge in [-0.25, -0.2) is 0 Å². The number of hydrogen-bond acceptors (Lipinski definition) is 12.